The molecule has 0 atom stereocenters. The molecule has 15 heavy (non-hydrogen) atoms. The molecule has 0 unspecified atom stereocenters. The van der Waals surface area contributed by atoms with E-state index in [1.807, 2.05) is 13.0 Å². The smallest absolute Gasteiger partial charge is 0.330 e. The Bertz CT molecular complexity index is 388. The Morgan fingerprint density at radius 3 is 2.93 bits per heavy atom. The molecule has 0 N–H and O–H groups in total. The molecule has 1 rings (SSSR count). The van der Waals surface area contributed by atoms with E-state index < -0.39 is 0 Å². The number of aromatic nitrogens is 1. The Kier molecular flexibility index (Phi) is 4.31. The molecule has 0 bridgehead atoms. The standard InChI is InChI=1S/C11H12ClNO2/c1-3-15-10(14)7-6-9-5-4-8(2)13-11(9)12/h4-7H,3H2,1-2H3. The van der Waals surface area contributed by atoms with Crippen LogP contribution in [0.25, 0.3) is 6.08 Å². The van der Waals surface area contributed by atoms with E-state index in [1.54, 1.807) is 19.1 Å². The SMILES string of the molecule is CCOC(=O)C=Cc1ccc(C)nc1Cl. The first-order valence-electron chi connectivity index (χ1n) is 4.61. The van der Waals surface area contributed by atoms with Gasteiger partial charge in [-0.1, -0.05) is 17.7 Å². The molecule has 4 heteroatoms. The molecule has 1 aromatic rings. The lowest BCUT2D eigenvalue weighted by Gasteiger charge is -1.98. The van der Waals surface area contributed by atoms with Gasteiger partial charge in [-0.05, 0) is 26.0 Å². The Hall–Kier alpha value is -1.35. The van der Waals surface area contributed by atoms with Gasteiger partial charge in [0.2, 0.25) is 0 Å². The van der Waals surface area contributed by atoms with Crippen LogP contribution in [-0.2, 0) is 9.53 Å². The van der Waals surface area contributed by atoms with Gasteiger partial charge in [-0.15, -0.1) is 0 Å². The predicted octanol–water partition coefficient (Wildman–Crippen LogP) is 2.62. The molecule has 0 aliphatic heterocycles. The van der Waals surface area contributed by atoms with E-state index in [0.717, 1.165) is 5.69 Å². The molecule has 0 saturated carbocycles. The molecular formula is C11H12ClNO2. The molecule has 0 radical (unpaired) electrons. The van der Waals surface area contributed by atoms with Crippen molar-refractivity contribution in [3.05, 3.63) is 34.6 Å². The first kappa shape index (κ1) is 11.7. The summed E-state index contributed by atoms with van der Waals surface area (Å²) in [5.74, 6) is -0.380. The fourth-order valence-corrected chi connectivity index (χ4v) is 1.27. The topological polar surface area (TPSA) is 39.2 Å². The van der Waals surface area contributed by atoms with Gasteiger partial charge in [-0.25, -0.2) is 9.78 Å². The minimum atomic E-state index is -0.380. The average molecular weight is 226 g/mol. The molecule has 0 spiro atoms. The summed E-state index contributed by atoms with van der Waals surface area (Å²) in [5.41, 5.74) is 1.55. The number of ether oxygens (including phenoxy) is 1. The first-order chi connectivity index (χ1) is 7.13. The number of halogens is 1. The Labute approximate surface area is 93.7 Å². The average Bonchev–Trinajstić information content (AvgIpc) is 2.17. The summed E-state index contributed by atoms with van der Waals surface area (Å²) < 4.78 is 4.74. The van der Waals surface area contributed by atoms with Crippen LogP contribution in [-0.4, -0.2) is 17.6 Å². The van der Waals surface area contributed by atoms with Crippen molar-refractivity contribution in [2.24, 2.45) is 0 Å². The monoisotopic (exact) mass is 225 g/mol. The maximum Gasteiger partial charge on any atom is 0.330 e. The number of carbonyl (C=O) groups excluding carboxylic acids is 1. The van der Waals surface area contributed by atoms with E-state index in [0.29, 0.717) is 17.3 Å². The predicted molar refractivity (Wildman–Crippen MR) is 59.7 cm³/mol. The summed E-state index contributed by atoms with van der Waals surface area (Å²) in [6.45, 7) is 3.97. The zero-order valence-corrected chi connectivity index (χ0v) is 9.41. The van der Waals surface area contributed by atoms with Crippen LogP contribution in [0.4, 0.5) is 0 Å². The molecule has 0 saturated heterocycles. The largest absolute Gasteiger partial charge is 0.463 e. The van der Waals surface area contributed by atoms with Crippen LogP contribution in [0.2, 0.25) is 5.15 Å². The zero-order valence-electron chi connectivity index (χ0n) is 8.66. The van der Waals surface area contributed by atoms with Crippen molar-refractivity contribution in [2.45, 2.75) is 13.8 Å². The first-order valence-corrected chi connectivity index (χ1v) is 4.99. The maximum absolute atomic E-state index is 11.0. The van der Waals surface area contributed by atoms with Gasteiger partial charge in [0.1, 0.15) is 5.15 Å². The summed E-state index contributed by atoms with van der Waals surface area (Å²) in [6, 6.07) is 3.64. The molecule has 1 heterocycles. The van der Waals surface area contributed by atoms with Crippen LogP contribution in [0.3, 0.4) is 0 Å². The second kappa shape index (κ2) is 5.51. The van der Waals surface area contributed by atoms with Crippen molar-refractivity contribution >= 4 is 23.6 Å². The quantitative estimate of drug-likeness (QED) is 0.451. The molecule has 0 aromatic carbocycles. The van der Waals surface area contributed by atoms with Crippen molar-refractivity contribution < 1.29 is 9.53 Å². The maximum atomic E-state index is 11.0. The molecule has 0 aliphatic rings. The number of rotatable bonds is 3. The highest BCUT2D eigenvalue weighted by Crippen LogP contribution is 2.14. The van der Waals surface area contributed by atoms with Gasteiger partial charge in [0, 0.05) is 17.3 Å². The van der Waals surface area contributed by atoms with Crippen molar-refractivity contribution in [3.8, 4) is 0 Å². The highest BCUT2D eigenvalue weighted by Gasteiger charge is 1.99. The number of carbonyl (C=O) groups is 1. The Balaban J connectivity index is 2.76. The molecule has 0 fully saturated rings. The van der Waals surface area contributed by atoms with Crippen LogP contribution < -0.4 is 0 Å². The number of pyridine rings is 1. The molecular weight excluding hydrogens is 214 g/mol. The summed E-state index contributed by atoms with van der Waals surface area (Å²) in [4.78, 5) is 15.1. The third-order valence-electron chi connectivity index (χ3n) is 1.70. The number of aryl methyl sites for hydroxylation is 1. The normalized spacial score (nSPS) is 10.6. The Morgan fingerprint density at radius 2 is 2.33 bits per heavy atom. The molecule has 1 aromatic heterocycles. The van der Waals surface area contributed by atoms with Crippen LogP contribution in [0.5, 0.6) is 0 Å². The highest BCUT2D eigenvalue weighted by atomic mass is 35.5. The summed E-state index contributed by atoms with van der Waals surface area (Å²) in [5, 5.41) is 0.385. The van der Waals surface area contributed by atoms with Gasteiger partial charge in [0.05, 0.1) is 6.61 Å². The second-order valence-corrected chi connectivity index (χ2v) is 3.28. The summed E-state index contributed by atoms with van der Waals surface area (Å²) >= 11 is 5.88. The molecule has 0 amide bonds. The van der Waals surface area contributed by atoms with E-state index in [-0.39, 0.29) is 5.97 Å². The highest BCUT2D eigenvalue weighted by molar-refractivity contribution is 6.30. The molecule has 3 nitrogen and oxygen atoms in total. The number of hydrogen-bond acceptors (Lipinski definition) is 3. The number of nitrogens with zero attached hydrogens (tertiary/aromatic N) is 1. The van der Waals surface area contributed by atoms with Gasteiger partial charge >= 0.3 is 5.97 Å². The molecule has 0 aliphatic carbocycles. The van der Waals surface area contributed by atoms with E-state index in [2.05, 4.69) is 4.98 Å². The van der Waals surface area contributed by atoms with Gasteiger partial charge in [0.25, 0.3) is 0 Å². The summed E-state index contributed by atoms with van der Waals surface area (Å²) in [6.07, 6.45) is 2.93. The van der Waals surface area contributed by atoms with E-state index in [1.165, 1.54) is 6.08 Å². The lowest BCUT2D eigenvalue weighted by Crippen LogP contribution is -1.98. The molecule has 80 valence electrons. The van der Waals surface area contributed by atoms with Crippen molar-refractivity contribution in [1.29, 1.82) is 0 Å². The fourth-order valence-electron chi connectivity index (χ4n) is 1.01. The summed E-state index contributed by atoms with van der Waals surface area (Å²) in [7, 11) is 0. The van der Waals surface area contributed by atoms with E-state index >= 15 is 0 Å². The van der Waals surface area contributed by atoms with E-state index in [9.17, 15) is 4.79 Å². The fraction of sp³-hybridized carbons (Fsp3) is 0.273. The second-order valence-electron chi connectivity index (χ2n) is 2.92. The Morgan fingerprint density at radius 1 is 1.60 bits per heavy atom. The minimum Gasteiger partial charge on any atom is -0.463 e. The van der Waals surface area contributed by atoms with Crippen LogP contribution in [0.15, 0.2) is 18.2 Å². The van der Waals surface area contributed by atoms with Crippen LogP contribution >= 0.6 is 11.6 Å². The third kappa shape index (κ3) is 3.72. The van der Waals surface area contributed by atoms with Crippen LogP contribution in [0, 0.1) is 6.92 Å². The van der Waals surface area contributed by atoms with Crippen molar-refractivity contribution in [2.75, 3.05) is 6.61 Å². The number of esters is 1. The van der Waals surface area contributed by atoms with Gasteiger partial charge < -0.3 is 4.74 Å². The van der Waals surface area contributed by atoms with E-state index in [4.69, 9.17) is 16.3 Å². The lowest BCUT2D eigenvalue weighted by molar-refractivity contribution is -0.137. The van der Waals surface area contributed by atoms with Crippen molar-refractivity contribution in [3.63, 3.8) is 0 Å². The lowest BCUT2D eigenvalue weighted by atomic mass is 10.2. The van der Waals surface area contributed by atoms with Gasteiger partial charge in [0.15, 0.2) is 0 Å². The zero-order chi connectivity index (χ0) is 11.3. The van der Waals surface area contributed by atoms with Gasteiger partial charge in [-0.2, -0.15) is 0 Å². The number of hydrogen-bond donors (Lipinski definition) is 0. The van der Waals surface area contributed by atoms with Crippen molar-refractivity contribution in [1.82, 2.24) is 4.98 Å². The van der Waals surface area contributed by atoms with Gasteiger partial charge in [-0.3, -0.25) is 0 Å². The van der Waals surface area contributed by atoms with Crippen LogP contribution in [0.1, 0.15) is 18.2 Å². The minimum absolute atomic E-state index is 0.364. The third-order valence-corrected chi connectivity index (χ3v) is 2.01.